The van der Waals surface area contributed by atoms with Crippen molar-refractivity contribution in [3.05, 3.63) is 107 Å². The first-order valence-electron chi connectivity index (χ1n) is 11.1. The second kappa shape index (κ2) is 10.2. The highest BCUT2D eigenvalue weighted by molar-refractivity contribution is 5.76. The molecule has 4 heteroatoms. The molecule has 0 N–H and O–H groups in total. The topological polar surface area (TPSA) is 48.7 Å². The molecule has 4 rings (SSSR count). The largest absolute Gasteiger partial charge is 0.497 e. The lowest BCUT2D eigenvalue weighted by molar-refractivity contribution is -0.116. The van der Waals surface area contributed by atoms with E-state index < -0.39 is 0 Å². The average molecular weight is 441 g/mol. The summed E-state index contributed by atoms with van der Waals surface area (Å²) in [6.45, 7) is 3.59. The molecule has 0 radical (unpaired) electrons. The number of Topliss-reactive ketones (excluding diaryl/α,β-unsaturated/α-hetero) is 1. The van der Waals surface area contributed by atoms with Crippen LogP contribution in [0.1, 0.15) is 41.9 Å². The fourth-order valence-electron chi connectivity index (χ4n) is 4.03. The minimum absolute atomic E-state index is 0.145. The third kappa shape index (κ3) is 5.17. The summed E-state index contributed by atoms with van der Waals surface area (Å²) in [5, 5.41) is 0. The summed E-state index contributed by atoms with van der Waals surface area (Å²) >= 11 is 0. The molecule has 0 aliphatic carbocycles. The number of hydrogen-bond donors (Lipinski definition) is 0. The highest BCUT2D eigenvalue weighted by atomic mass is 16.5. The Balaban J connectivity index is 1.84. The lowest BCUT2D eigenvalue weighted by atomic mass is 9.92. The summed E-state index contributed by atoms with van der Waals surface area (Å²) in [4.78, 5) is 11.9. The first kappa shape index (κ1) is 22.4. The van der Waals surface area contributed by atoms with Crippen molar-refractivity contribution >= 4 is 5.78 Å². The molecule has 0 saturated heterocycles. The number of ether oxygens (including phenoxy) is 2. The van der Waals surface area contributed by atoms with Crippen LogP contribution in [0.4, 0.5) is 0 Å². The number of benzene rings is 3. The number of ketones is 1. The molecule has 168 valence electrons. The van der Waals surface area contributed by atoms with Crippen molar-refractivity contribution in [3.63, 3.8) is 0 Å². The van der Waals surface area contributed by atoms with E-state index in [1.54, 1.807) is 14.0 Å². The molecule has 0 aliphatic heterocycles. The van der Waals surface area contributed by atoms with Crippen LogP contribution < -0.4 is 9.47 Å². The van der Waals surface area contributed by atoms with Crippen molar-refractivity contribution < 1.29 is 18.7 Å². The second-order valence-corrected chi connectivity index (χ2v) is 8.03. The first-order valence-corrected chi connectivity index (χ1v) is 11.1. The van der Waals surface area contributed by atoms with Crippen molar-refractivity contribution in [1.82, 2.24) is 0 Å². The van der Waals surface area contributed by atoms with Gasteiger partial charge in [-0.05, 0) is 50.1 Å². The van der Waals surface area contributed by atoms with Crippen molar-refractivity contribution in [3.8, 4) is 22.8 Å². The highest BCUT2D eigenvalue weighted by Gasteiger charge is 2.28. The van der Waals surface area contributed by atoms with E-state index in [9.17, 15) is 4.79 Å². The van der Waals surface area contributed by atoms with Crippen molar-refractivity contribution in [1.29, 1.82) is 0 Å². The van der Waals surface area contributed by atoms with Crippen LogP contribution in [0.15, 0.2) is 89.3 Å². The summed E-state index contributed by atoms with van der Waals surface area (Å²) in [6.07, 6.45) is 0.639. The van der Waals surface area contributed by atoms with Gasteiger partial charge < -0.3 is 18.7 Å². The molecule has 1 unspecified atom stereocenters. The number of hydrogen-bond acceptors (Lipinski definition) is 4. The van der Waals surface area contributed by atoms with Gasteiger partial charge in [-0.3, -0.25) is 0 Å². The Morgan fingerprint density at radius 1 is 0.879 bits per heavy atom. The fourth-order valence-corrected chi connectivity index (χ4v) is 4.03. The summed E-state index contributed by atoms with van der Waals surface area (Å²) in [5.41, 5.74) is 3.98. The SMILES string of the molecule is COc1ccc(OC(c2ccccc2)c2c(C)oc(-c3ccccc3)c2CCC(C)=O)cc1. The van der Waals surface area contributed by atoms with E-state index in [4.69, 9.17) is 13.9 Å². The summed E-state index contributed by atoms with van der Waals surface area (Å²) in [5.74, 6) is 3.22. The van der Waals surface area contributed by atoms with Crippen molar-refractivity contribution in [2.75, 3.05) is 7.11 Å². The average Bonchev–Trinajstić information content (AvgIpc) is 3.18. The van der Waals surface area contributed by atoms with Crippen LogP contribution in [-0.2, 0) is 11.2 Å². The van der Waals surface area contributed by atoms with E-state index in [0.717, 1.165) is 45.3 Å². The number of rotatable bonds is 9. The van der Waals surface area contributed by atoms with Gasteiger partial charge >= 0.3 is 0 Å². The molecular formula is C29H28O4. The van der Waals surface area contributed by atoms with Gasteiger partial charge in [-0.2, -0.15) is 0 Å². The van der Waals surface area contributed by atoms with Crippen LogP contribution >= 0.6 is 0 Å². The van der Waals surface area contributed by atoms with E-state index in [1.807, 2.05) is 79.7 Å². The maximum atomic E-state index is 11.9. The predicted molar refractivity (Wildman–Crippen MR) is 130 cm³/mol. The Morgan fingerprint density at radius 2 is 1.48 bits per heavy atom. The van der Waals surface area contributed by atoms with E-state index in [1.165, 1.54) is 0 Å². The van der Waals surface area contributed by atoms with Gasteiger partial charge in [0.1, 0.15) is 28.8 Å². The molecule has 0 saturated carbocycles. The third-order valence-electron chi connectivity index (χ3n) is 5.67. The fraction of sp³-hybridized carbons (Fsp3) is 0.207. The van der Waals surface area contributed by atoms with Crippen LogP contribution in [0.3, 0.4) is 0 Å². The Hall–Kier alpha value is -3.79. The molecule has 3 aromatic carbocycles. The van der Waals surface area contributed by atoms with Gasteiger partial charge in [-0.1, -0.05) is 60.7 Å². The Labute approximate surface area is 194 Å². The summed E-state index contributed by atoms with van der Waals surface area (Å²) < 4.78 is 18.2. The zero-order valence-corrected chi connectivity index (χ0v) is 19.2. The van der Waals surface area contributed by atoms with Gasteiger partial charge in [0.2, 0.25) is 0 Å². The van der Waals surface area contributed by atoms with Crippen molar-refractivity contribution in [2.24, 2.45) is 0 Å². The normalized spacial score (nSPS) is 11.7. The molecular weight excluding hydrogens is 412 g/mol. The van der Waals surface area contributed by atoms with Crippen LogP contribution in [-0.4, -0.2) is 12.9 Å². The third-order valence-corrected chi connectivity index (χ3v) is 5.67. The standard InChI is InChI=1S/C29H28O4/c1-20(30)14-19-26-27(21(2)32-28(26)22-10-6-4-7-11-22)29(23-12-8-5-9-13-23)33-25-17-15-24(31-3)16-18-25/h4-13,15-18,29H,14,19H2,1-3H3. The molecule has 4 aromatic rings. The number of methoxy groups -OCH3 is 1. The lowest BCUT2D eigenvalue weighted by Crippen LogP contribution is -2.12. The molecule has 0 bridgehead atoms. The lowest BCUT2D eigenvalue weighted by Gasteiger charge is -2.21. The molecule has 4 nitrogen and oxygen atoms in total. The van der Waals surface area contributed by atoms with E-state index in [2.05, 4.69) is 12.1 Å². The number of aryl methyl sites for hydroxylation is 1. The van der Waals surface area contributed by atoms with Crippen LogP contribution in [0.25, 0.3) is 11.3 Å². The Morgan fingerprint density at radius 3 is 2.09 bits per heavy atom. The maximum absolute atomic E-state index is 11.9. The molecule has 1 heterocycles. The maximum Gasteiger partial charge on any atom is 0.152 e. The summed E-state index contributed by atoms with van der Waals surface area (Å²) in [7, 11) is 1.64. The molecule has 1 atom stereocenters. The monoisotopic (exact) mass is 440 g/mol. The summed E-state index contributed by atoms with van der Waals surface area (Å²) in [6, 6.07) is 27.7. The van der Waals surface area contributed by atoms with E-state index in [0.29, 0.717) is 12.8 Å². The Bertz CT molecular complexity index is 1190. The molecule has 0 spiro atoms. The van der Waals surface area contributed by atoms with Gasteiger partial charge in [-0.25, -0.2) is 0 Å². The van der Waals surface area contributed by atoms with Gasteiger partial charge in [0.05, 0.1) is 7.11 Å². The molecule has 0 fully saturated rings. The van der Waals surface area contributed by atoms with Crippen molar-refractivity contribution in [2.45, 2.75) is 32.8 Å². The van der Waals surface area contributed by atoms with E-state index in [-0.39, 0.29) is 11.9 Å². The van der Waals surface area contributed by atoms with Crippen LogP contribution in [0.2, 0.25) is 0 Å². The number of carbonyl (C=O) groups excluding carboxylic acids is 1. The first-order chi connectivity index (χ1) is 16.1. The molecule has 0 aliphatic rings. The van der Waals surface area contributed by atoms with Crippen LogP contribution in [0.5, 0.6) is 11.5 Å². The number of furan rings is 1. The van der Waals surface area contributed by atoms with E-state index >= 15 is 0 Å². The molecule has 0 amide bonds. The minimum Gasteiger partial charge on any atom is -0.497 e. The second-order valence-electron chi connectivity index (χ2n) is 8.03. The molecule has 33 heavy (non-hydrogen) atoms. The van der Waals surface area contributed by atoms with Gasteiger partial charge in [0.15, 0.2) is 6.10 Å². The zero-order valence-electron chi connectivity index (χ0n) is 19.2. The minimum atomic E-state index is -0.386. The number of carbonyl (C=O) groups is 1. The Kier molecular flexibility index (Phi) is 6.94. The smallest absolute Gasteiger partial charge is 0.152 e. The predicted octanol–water partition coefficient (Wildman–Crippen LogP) is 6.95. The van der Waals surface area contributed by atoms with Gasteiger partial charge in [0, 0.05) is 23.1 Å². The van der Waals surface area contributed by atoms with Gasteiger partial charge in [0.25, 0.3) is 0 Å². The van der Waals surface area contributed by atoms with Gasteiger partial charge in [-0.15, -0.1) is 0 Å². The molecule has 1 aromatic heterocycles. The highest BCUT2D eigenvalue weighted by Crippen LogP contribution is 2.40. The van der Waals surface area contributed by atoms with Crippen LogP contribution in [0, 0.1) is 6.92 Å². The zero-order chi connectivity index (χ0) is 23.2. The quantitative estimate of drug-likeness (QED) is 0.282.